The lowest BCUT2D eigenvalue weighted by Gasteiger charge is -2.38. The molecule has 3 aliphatic rings. The first-order chi connectivity index (χ1) is 14.8. The Hall–Kier alpha value is -2.17. The number of benzene rings is 1. The first kappa shape index (κ1) is 22.0. The monoisotopic (exact) mass is 450 g/mol. The second-order valence-corrected chi connectivity index (χ2v) is 10.3. The number of hydrogen-bond acceptors (Lipinski definition) is 6. The lowest BCUT2D eigenvalue weighted by Crippen LogP contribution is -2.52. The molecule has 10 heteroatoms. The predicted octanol–water partition coefficient (Wildman–Crippen LogP) is 0.891. The average Bonchev–Trinajstić information content (AvgIpc) is 2.78. The fraction of sp³-hybridized carbons (Fsp3) is 0.619. The molecule has 0 unspecified atom stereocenters. The largest absolute Gasteiger partial charge is 0.482 e. The number of piperidine rings is 1. The SMILES string of the molecule is CCN1CCN(C(=O)[C@H]2CCCN(S(=O)(=O)c3cc4c(cc3C)NC(=O)CO4)C2)CC1. The molecule has 3 heterocycles. The highest BCUT2D eigenvalue weighted by molar-refractivity contribution is 7.89. The maximum Gasteiger partial charge on any atom is 0.262 e. The van der Waals surface area contributed by atoms with Gasteiger partial charge in [-0.05, 0) is 37.9 Å². The van der Waals surface area contributed by atoms with Gasteiger partial charge in [0.2, 0.25) is 15.9 Å². The van der Waals surface area contributed by atoms with Gasteiger partial charge < -0.3 is 19.9 Å². The second kappa shape index (κ2) is 8.76. The molecule has 1 atom stereocenters. The Morgan fingerprint density at radius 2 is 1.94 bits per heavy atom. The molecule has 3 aliphatic heterocycles. The molecule has 0 aromatic heterocycles. The molecule has 170 valence electrons. The fourth-order valence-corrected chi connectivity index (χ4v) is 6.28. The van der Waals surface area contributed by atoms with Crippen molar-refractivity contribution in [1.29, 1.82) is 0 Å². The van der Waals surface area contributed by atoms with Crippen molar-refractivity contribution in [3.8, 4) is 5.75 Å². The molecular weight excluding hydrogens is 420 g/mol. The molecule has 0 saturated carbocycles. The molecule has 2 amide bonds. The van der Waals surface area contributed by atoms with E-state index >= 15 is 0 Å². The highest BCUT2D eigenvalue weighted by atomic mass is 32.2. The number of piperazine rings is 1. The molecule has 0 radical (unpaired) electrons. The summed E-state index contributed by atoms with van der Waals surface area (Å²) in [4.78, 5) is 29.0. The molecule has 1 aromatic rings. The van der Waals surface area contributed by atoms with E-state index in [0.717, 1.165) is 19.6 Å². The molecule has 0 aliphatic carbocycles. The van der Waals surface area contributed by atoms with E-state index in [-0.39, 0.29) is 35.8 Å². The van der Waals surface area contributed by atoms with Gasteiger partial charge in [0.15, 0.2) is 6.61 Å². The van der Waals surface area contributed by atoms with Crippen LogP contribution in [0.5, 0.6) is 5.75 Å². The van der Waals surface area contributed by atoms with Crippen LogP contribution in [0.15, 0.2) is 17.0 Å². The predicted molar refractivity (Wildman–Crippen MR) is 115 cm³/mol. The summed E-state index contributed by atoms with van der Waals surface area (Å²) in [6.45, 7) is 8.37. The molecule has 0 spiro atoms. The summed E-state index contributed by atoms with van der Waals surface area (Å²) in [6, 6.07) is 3.11. The van der Waals surface area contributed by atoms with E-state index in [1.807, 2.05) is 4.90 Å². The Morgan fingerprint density at radius 3 is 2.65 bits per heavy atom. The van der Waals surface area contributed by atoms with Crippen molar-refractivity contribution < 1.29 is 22.7 Å². The van der Waals surface area contributed by atoms with Gasteiger partial charge in [-0.3, -0.25) is 9.59 Å². The number of hydrogen-bond donors (Lipinski definition) is 1. The zero-order valence-corrected chi connectivity index (χ0v) is 18.9. The number of ether oxygens (including phenoxy) is 1. The molecule has 0 bridgehead atoms. The van der Waals surface area contributed by atoms with Crippen molar-refractivity contribution in [2.45, 2.75) is 31.6 Å². The van der Waals surface area contributed by atoms with Gasteiger partial charge in [0, 0.05) is 45.3 Å². The van der Waals surface area contributed by atoms with E-state index in [1.165, 1.54) is 10.4 Å². The lowest BCUT2D eigenvalue weighted by atomic mass is 9.98. The summed E-state index contributed by atoms with van der Waals surface area (Å²) in [7, 11) is -3.79. The summed E-state index contributed by atoms with van der Waals surface area (Å²) in [5.41, 5.74) is 1.01. The fourth-order valence-electron chi connectivity index (χ4n) is 4.54. The van der Waals surface area contributed by atoms with Gasteiger partial charge in [0.05, 0.1) is 16.5 Å². The summed E-state index contributed by atoms with van der Waals surface area (Å²) < 4.78 is 33.7. The van der Waals surface area contributed by atoms with Gasteiger partial charge in [-0.25, -0.2) is 8.42 Å². The Balaban J connectivity index is 1.50. The maximum absolute atomic E-state index is 13.4. The van der Waals surface area contributed by atoms with Gasteiger partial charge >= 0.3 is 0 Å². The third-order valence-corrected chi connectivity index (χ3v) is 8.40. The van der Waals surface area contributed by atoms with Gasteiger partial charge in [-0.2, -0.15) is 4.31 Å². The third-order valence-electron chi connectivity index (χ3n) is 6.39. The van der Waals surface area contributed by atoms with E-state index in [2.05, 4.69) is 17.1 Å². The van der Waals surface area contributed by atoms with Crippen LogP contribution in [0.3, 0.4) is 0 Å². The number of rotatable bonds is 4. The van der Waals surface area contributed by atoms with E-state index in [0.29, 0.717) is 49.5 Å². The van der Waals surface area contributed by atoms with Crippen LogP contribution in [0.4, 0.5) is 5.69 Å². The topological polar surface area (TPSA) is 99.3 Å². The number of aryl methyl sites for hydroxylation is 1. The summed E-state index contributed by atoms with van der Waals surface area (Å²) in [6.07, 6.45) is 1.36. The van der Waals surface area contributed by atoms with Crippen molar-refractivity contribution in [3.63, 3.8) is 0 Å². The van der Waals surface area contributed by atoms with Crippen molar-refractivity contribution in [2.24, 2.45) is 5.92 Å². The summed E-state index contributed by atoms with van der Waals surface area (Å²) in [5.74, 6) is -0.170. The number of carbonyl (C=O) groups is 2. The smallest absolute Gasteiger partial charge is 0.262 e. The normalized spacial score (nSPS) is 23.1. The number of sulfonamides is 1. The van der Waals surface area contributed by atoms with Crippen molar-refractivity contribution >= 4 is 27.5 Å². The molecule has 1 N–H and O–H groups in total. The quantitative estimate of drug-likeness (QED) is 0.732. The molecule has 2 saturated heterocycles. The Bertz CT molecular complexity index is 972. The van der Waals surface area contributed by atoms with E-state index < -0.39 is 10.0 Å². The number of nitrogens with one attached hydrogen (secondary N) is 1. The van der Waals surface area contributed by atoms with Crippen molar-refractivity contribution in [2.75, 3.05) is 57.7 Å². The van der Waals surface area contributed by atoms with Crippen LogP contribution >= 0.6 is 0 Å². The van der Waals surface area contributed by atoms with Crippen LogP contribution < -0.4 is 10.1 Å². The first-order valence-corrected chi connectivity index (χ1v) is 12.3. The van der Waals surface area contributed by atoms with Crippen LogP contribution in [0.25, 0.3) is 0 Å². The van der Waals surface area contributed by atoms with Crippen LogP contribution in [0.1, 0.15) is 25.3 Å². The molecule has 31 heavy (non-hydrogen) atoms. The number of anilines is 1. The number of likely N-dealkylation sites (N-methyl/N-ethyl adjacent to an activating group) is 1. The molecule has 2 fully saturated rings. The standard InChI is InChI=1S/C21H30N4O5S/c1-3-23-7-9-24(10-8-23)21(27)16-5-4-6-25(13-16)31(28,29)19-12-18-17(11-15(19)2)22-20(26)14-30-18/h11-12,16H,3-10,13-14H2,1-2H3,(H,22,26)/t16-/m0/s1. The average molecular weight is 451 g/mol. The minimum absolute atomic E-state index is 0.0591. The number of amides is 2. The third kappa shape index (κ3) is 4.42. The lowest BCUT2D eigenvalue weighted by molar-refractivity contribution is -0.138. The van der Waals surface area contributed by atoms with Gasteiger partial charge in [-0.1, -0.05) is 6.92 Å². The maximum atomic E-state index is 13.4. The number of nitrogens with zero attached hydrogens (tertiary/aromatic N) is 3. The van der Waals surface area contributed by atoms with E-state index in [9.17, 15) is 18.0 Å². The molecule has 4 rings (SSSR count). The van der Waals surface area contributed by atoms with Crippen molar-refractivity contribution in [1.82, 2.24) is 14.1 Å². The van der Waals surface area contributed by atoms with Gasteiger partial charge in [0.1, 0.15) is 5.75 Å². The van der Waals surface area contributed by atoms with E-state index in [4.69, 9.17) is 4.74 Å². The minimum atomic E-state index is -3.79. The van der Waals surface area contributed by atoms with Gasteiger partial charge in [0.25, 0.3) is 5.91 Å². The van der Waals surface area contributed by atoms with Crippen LogP contribution in [0, 0.1) is 12.8 Å². The Kier molecular flexibility index (Phi) is 6.23. The molecule has 9 nitrogen and oxygen atoms in total. The Labute approximate surface area is 183 Å². The van der Waals surface area contributed by atoms with E-state index in [1.54, 1.807) is 13.0 Å². The summed E-state index contributed by atoms with van der Waals surface area (Å²) in [5, 5.41) is 2.70. The number of fused-ring (bicyclic) bond motifs is 1. The molecular formula is C21H30N4O5S. The molecule has 1 aromatic carbocycles. The zero-order chi connectivity index (χ0) is 22.2. The number of carbonyl (C=O) groups excluding carboxylic acids is 2. The van der Waals surface area contributed by atoms with Crippen LogP contribution in [-0.2, 0) is 19.6 Å². The summed E-state index contributed by atoms with van der Waals surface area (Å²) >= 11 is 0. The Morgan fingerprint density at radius 1 is 1.19 bits per heavy atom. The second-order valence-electron chi connectivity index (χ2n) is 8.41. The highest BCUT2D eigenvalue weighted by Gasteiger charge is 2.37. The first-order valence-electron chi connectivity index (χ1n) is 10.9. The highest BCUT2D eigenvalue weighted by Crippen LogP contribution is 2.35. The van der Waals surface area contributed by atoms with Gasteiger partial charge in [-0.15, -0.1) is 0 Å². The zero-order valence-electron chi connectivity index (χ0n) is 18.1. The minimum Gasteiger partial charge on any atom is -0.482 e. The van der Waals surface area contributed by atoms with Crippen LogP contribution in [-0.4, -0.2) is 86.8 Å². The van der Waals surface area contributed by atoms with Crippen LogP contribution in [0.2, 0.25) is 0 Å². The van der Waals surface area contributed by atoms with Crippen molar-refractivity contribution in [3.05, 3.63) is 17.7 Å².